The second-order valence-electron chi connectivity index (χ2n) is 11.5. The first-order valence-electron chi connectivity index (χ1n) is 13.5. The van der Waals surface area contributed by atoms with Crippen LogP contribution < -0.4 is 16.0 Å². The molecule has 0 aliphatic rings. The Morgan fingerprint density at radius 1 is 0.868 bits per heavy atom. The molecule has 0 aromatic heterocycles. The van der Waals surface area contributed by atoms with Gasteiger partial charge in [0, 0.05) is 13.0 Å². The lowest BCUT2D eigenvalue weighted by molar-refractivity contribution is -0.119. The predicted molar refractivity (Wildman–Crippen MR) is 160 cm³/mol. The lowest BCUT2D eigenvalue weighted by atomic mass is 9.91. The van der Waals surface area contributed by atoms with Crippen molar-refractivity contribution in [1.82, 2.24) is 16.0 Å². The number of nitrogens with one attached hydrogen (secondary N) is 3. The summed E-state index contributed by atoms with van der Waals surface area (Å²) in [5.74, 6) is 0.229. The molecule has 2 aromatic carbocycles. The Balaban J connectivity index is 1.72. The van der Waals surface area contributed by atoms with E-state index in [-0.39, 0.29) is 11.9 Å². The first kappa shape index (κ1) is 30.9. The molecule has 38 heavy (non-hydrogen) atoms. The second-order valence-corrected chi connectivity index (χ2v) is 11.5. The van der Waals surface area contributed by atoms with E-state index >= 15 is 0 Å². The Morgan fingerprint density at radius 2 is 1.37 bits per heavy atom. The third-order valence-electron chi connectivity index (χ3n) is 6.86. The summed E-state index contributed by atoms with van der Waals surface area (Å²) < 4.78 is 0. The molecule has 0 bridgehead atoms. The molecule has 2 rings (SSSR count). The Kier molecular flexibility index (Phi) is 10.9. The number of carbonyl (C=O) groups excluding carboxylic acids is 2. The van der Waals surface area contributed by atoms with E-state index in [0.29, 0.717) is 18.9 Å². The van der Waals surface area contributed by atoms with Crippen LogP contribution in [0.5, 0.6) is 0 Å². The molecule has 3 amide bonds. The van der Waals surface area contributed by atoms with Gasteiger partial charge in [-0.25, -0.2) is 4.79 Å². The quantitative estimate of drug-likeness (QED) is 0.244. The van der Waals surface area contributed by atoms with Crippen LogP contribution in [0.4, 0.5) is 4.79 Å². The maximum Gasteiger partial charge on any atom is 0.315 e. The van der Waals surface area contributed by atoms with E-state index in [4.69, 9.17) is 0 Å². The normalized spacial score (nSPS) is 12.4. The number of unbranched alkanes of at least 4 members (excludes halogenated alkanes) is 1. The fraction of sp³-hybridized carbons (Fsp3) is 0.424. The second kappa shape index (κ2) is 13.5. The molecule has 0 aliphatic heterocycles. The molecule has 2 aromatic rings. The van der Waals surface area contributed by atoms with Crippen LogP contribution >= 0.6 is 0 Å². The molecule has 0 fully saturated rings. The van der Waals surface area contributed by atoms with Gasteiger partial charge in [-0.05, 0) is 94.7 Å². The first-order chi connectivity index (χ1) is 17.7. The molecule has 0 saturated carbocycles. The Hall–Kier alpha value is -3.34. The van der Waals surface area contributed by atoms with Crippen molar-refractivity contribution in [2.75, 3.05) is 6.54 Å². The maximum absolute atomic E-state index is 12.6. The summed E-state index contributed by atoms with van der Waals surface area (Å²) in [4.78, 5) is 25.1. The molecule has 0 spiro atoms. The zero-order valence-electron chi connectivity index (χ0n) is 24.3. The van der Waals surface area contributed by atoms with E-state index in [1.807, 2.05) is 77.9 Å². The van der Waals surface area contributed by atoms with Crippen LogP contribution in [-0.4, -0.2) is 18.5 Å². The minimum Gasteiger partial charge on any atom is -0.347 e. The highest BCUT2D eigenvalue weighted by molar-refractivity contribution is 5.85. The highest BCUT2D eigenvalue weighted by atomic mass is 16.2. The molecule has 1 radical (unpaired) electrons. The molecule has 0 aliphatic carbocycles. The summed E-state index contributed by atoms with van der Waals surface area (Å²) in [5.41, 5.74) is 5.21. The molecular formula is C33H46N3O2. The molecule has 0 heterocycles. The van der Waals surface area contributed by atoms with E-state index in [1.54, 1.807) is 6.42 Å². The summed E-state index contributed by atoms with van der Waals surface area (Å²) >= 11 is 0. The van der Waals surface area contributed by atoms with Gasteiger partial charge in [0.2, 0.25) is 5.91 Å². The van der Waals surface area contributed by atoms with Crippen molar-refractivity contribution < 1.29 is 9.59 Å². The third kappa shape index (κ3) is 9.51. The van der Waals surface area contributed by atoms with Crippen molar-refractivity contribution in [3.63, 3.8) is 0 Å². The van der Waals surface area contributed by atoms with Crippen LogP contribution in [0.2, 0.25) is 0 Å². The summed E-state index contributed by atoms with van der Waals surface area (Å²) in [6.45, 7) is 22.7. The molecule has 205 valence electrons. The van der Waals surface area contributed by atoms with Gasteiger partial charge in [0.15, 0.2) is 0 Å². The number of rotatable bonds is 13. The van der Waals surface area contributed by atoms with Crippen molar-refractivity contribution in [3.8, 4) is 0 Å². The molecule has 5 heteroatoms. The largest absolute Gasteiger partial charge is 0.347 e. The van der Waals surface area contributed by atoms with Crippen molar-refractivity contribution in [3.05, 3.63) is 90.4 Å². The molecule has 3 N–H and O–H groups in total. The number of allylic oxidation sites excluding steroid dienone is 2. The fourth-order valence-corrected chi connectivity index (χ4v) is 4.25. The summed E-state index contributed by atoms with van der Waals surface area (Å²) in [5, 5.41) is 9.19. The molecule has 5 nitrogen and oxygen atoms in total. The zero-order valence-corrected chi connectivity index (χ0v) is 24.3. The van der Waals surface area contributed by atoms with Crippen molar-refractivity contribution in [2.24, 2.45) is 5.92 Å². The van der Waals surface area contributed by atoms with Crippen LogP contribution in [0.15, 0.2) is 61.7 Å². The standard InChI is InChI=1S/C33H46N3O2/c1-23(2)26-15-12-17-28(20-26)32(6,7)35-30(37)19-11-10-14-25(5)22-34-31(38)36-33(8,9)29-18-13-16-27(21-29)24(3)4/h12-13,15-21,25H,1,3,10-11,14,22H2,2,4-9H3,(H,35,37)(H2,34,36,38). The number of hydrogen-bond acceptors (Lipinski definition) is 2. The zero-order chi connectivity index (χ0) is 28.5. The SMILES string of the molecule is C=C(C)c1cccc(C(C)(C)NC(=O)[CH]CCCC(C)CNC(=O)NC(C)(C)c2cccc(C(=C)C)c2)c1. The van der Waals surface area contributed by atoms with Gasteiger partial charge >= 0.3 is 6.03 Å². The lowest BCUT2D eigenvalue weighted by Gasteiger charge is -2.28. The molecule has 1 atom stereocenters. The molecular weight excluding hydrogens is 470 g/mol. The van der Waals surface area contributed by atoms with Crippen LogP contribution in [0.3, 0.4) is 0 Å². The van der Waals surface area contributed by atoms with Gasteiger partial charge in [-0.15, -0.1) is 0 Å². The van der Waals surface area contributed by atoms with Crippen LogP contribution in [0.1, 0.15) is 90.0 Å². The highest BCUT2D eigenvalue weighted by Crippen LogP contribution is 2.25. The van der Waals surface area contributed by atoms with Crippen molar-refractivity contribution in [2.45, 2.75) is 78.8 Å². The summed E-state index contributed by atoms with van der Waals surface area (Å²) in [7, 11) is 0. The van der Waals surface area contributed by atoms with E-state index < -0.39 is 11.1 Å². The summed E-state index contributed by atoms with van der Waals surface area (Å²) in [6.07, 6.45) is 4.20. The molecule has 0 saturated heterocycles. The van der Waals surface area contributed by atoms with Gasteiger partial charge in [0.1, 0.15) is 0 Å². The van der Waals surface area contributed by atoms with Crippen LogP contribution in [-0.2, 0) is 15.9 Å². The Bertz CT molecular complexity index is 1150. The minimum atomic E-state index is -0.513. The number of benzene rings is 2. The fourth-order valence-electron chi connectivity index (χ4n) is 4.25. The topological polar surface area (TPSA) is 70.2 Å². The van der Waals surface area contributed by atoms with Crippen molar-refractivity contribution >= 4 is 23.1 Å². The maximum atomic E-state index is 12.6. The van der Waals surface area contributed by atoms with Crippen LogP contribution in [0, 0.1) is 12.3 Å². The average molecular weight is 517 g/mol. The summed E-state index contributed by atoms with van der Waals surface area (Å²) in [6, 6.07) is 16.0. The van der Waals surface area contributed by atoms with E-state index in [2.05, 4.69) is 48.2 Å². The Labute approximate surface area is 230 Å². The Morgan fingerprint density at radius 3 is 1.87 bits per heavy atom. The lowest BCUT2D eigenvalue weighted by Crippen LogP contribution is -2.47. The van der Waals surface area contributed by atoms with E-state index in [1.165, 1.54) is 0 Å². The van der Waals surface area contributed by atoms with Gasteiger partial charge in [0.05, 0.1) is 11.1 Å². The van der Waals surface area contributed by atoms with Gasteiger partial charge < -0.3 is 16.0 Å². The van der Waals surface area contributed by atoms with Gasteiger partial charge in [-0.2, -0.15) is 0 Å². The highest BCUT2D eigenvalue weighted by Gasteiger charge is 2.24. The number of amides is 3. The van der Waals surface area contributed by atoms with Crippen molar-refractivity contribution in [1.29, 1.82) is 0 Å². The van der Waals surface area contributed by atoms with Crippen LogP contribution in [0.25, 0.3) is 11.1 Å². The molecule has 1 unspecified atom stereocenters. The number of urea groups is 1. The number of carbonyl (C=O) groups is 2. The third-order valence-corrected chi connectivity index (χ3v) is 6.86. The monoisotopic (exact) mass is 516 g/mol. The predicted octanol–water partition coefficient (Wildman–Crippen LogP) is 7.35. The number of hydrogen-bond donors (Lipinski definition) is 3. The van der Waals surface area contributed by atoms with Gasteiger partial charge in [-0.3, -0.25) is 4.79 Å². The van der Waals surface area contributed by atoms with E-state index in [9.17, 15) is 9.59 Å². The van der Waals surface area contributed by atoms with E-state index in [0.717, 1.165) is 46.2 Å². The van der Waals surface area contributed by atoms with Gasteiger partial charge in [0.25, 0.3) is 0 Å². The average Bonchev–Trinajstić information content (AvgIpc) is 2.85. The smallest absolute Gasteiger partial charge is 0.315 e. The first-order valence-corrected chi connectivity index (χ1v) is 13.5. The minimum absolute atomic E-state index is 0.0705. The van der Waals surface area contributed by atoms with Gasteiger partial charge in [-0.1, -0.05) is 74.0 Å².